The number of hydrogen-bond acceptors (Lipinski definition) is 9. The van der Waals surface area contributed by atoms with Gasteiger partial charge < -0.3 is 45.7 Å². The smallest absolute Gasteiger partial charge is 0.407 e. The third-order valence-corrected chi connectivity index (χ3v) is 9.32. The quantitative estimate of drug-likeness (QED) is 0.0775. The second-order valence-electron chi connectivity index (χ2n) is 14.1. The molecular weight excluding hydrogens is 680 g/mol. The molecule has 4 amide bonds. The Bertz CT molecular complexity index is 1390. The van der Waals surface area contributed by atoms with Crippen molar-refractivity contribution >= 4 is 34.6 Å². The molecule has 6 atom stereocenters. The maximum atomic E-state index is 14.0. The van der Waals surface area contributed by atoms with Gasteiger partial charge in [0.1, 0.15) is 18.7 Å². The van der Waals surface area contributed by atoms with Crippen LogP contribution in [-0.2, 0) is 35.0 Å². The van der Waals surface area contributed by atoms with Gasteiger partial charge in [-0.3, -0.25) is 14.4 Å². The molecule has 0 aliphatic heterocycles. The lowest BCUT2D eigenvalue weighted by Gasteiger charge is -2.29. The Kier molecular flexibility index (Phi) is 21.6. The maximum absolute atomic E-state index is 14.0. The van der Waals surface area contributed by atoms with Crippen LogP contribution >= 0.6 is 0 Å². The van der Waals surface area contributed by atoms with Crippen molar-refractivity contribution in [3.63, 3.8) is 0 Å². The topological polar surface area (TPSA) is 185 Å². The van der Waals surface area contributed by atoms with Crippen molar-refractivity contribution < 1.29 is 43.6 Å². The van der Waals surface area contributed by atoms with Crippen LogP contribution in [0.2, 0.25) is 0 Å². The SMILES string of the molecule is CCCCC[C@H](NC(=O)[C@H](Cc1cccc2ccccc12)NC(=O)OCCOCCOC)C(=O)N[C@@H](CC(C)C)[C@@H](O)CC(=O)N[C@H](CO)[C@@H](C)CC. The van der Waals surface area contributed by atoms with E-state index in [1.54, 1.807) is 7.11 Å². The molecule has 13 heteroatoms. The Balaban J connectivity index is 2.28. The van der Waals surface area contributed by atoms with E-state index in [0.717, 1.165) is 35.6 Å². The minimum atomic E-state index is -1.21. The van der Waals surface area contributed by atoms with Gasteiger partial charge in [-0.2, -0.15) is 0 Å². The van der Waals surface area contributed by atoms with Gasteiger partial charge in [-0.25, -0.2) is 4.79 Å². The van der Waals surface area contributed by atoms with Gasteiger partial charge in [0.15, 0.2) is 0 Å². The number of aliphatic hydroxyl groups excluding tert-OH is 2. The monoisotopic (exact) mass is 744 g/mol. The van der Waals surface area contributed by atoms with E-state index in [1.165, 1.54) is 0 Å². The van der Waals surface area contributed by atoms with Crippen LogP contribution in [-0.4, -0.2) is 104 Å². The standard InChI is InChI=1S/C40H64N4O9/c1-7-9-10-18-32(38(48)43-33(23-27(3)4)36(46)25-37(47)41-35(26-45)28(5)8-2)42-39(49)34(44-40(50)53-22-21-52-20-19-51-6)24-30-16-13-15-29-14-11-12-17-31(29)30/h11-17,27-28,32-36,45-46H,7-10,18-26H2,1-6H3,(H,41,47)(H,42,49)(H,43,48)(H,44,50)/t28-,32-,33-,34-,35+,36-/m0/s1. The Labute approximate surface area is 315 Å². The summed E-state index contributed by atoms with van der Waals surface area (Å²) < 4.78 is 15.6. The first-order valence-corrected chi connectivity index (χ1v) is 19.1. The number of alkyl carbamates (subject to hydrolysis) is 1. The van der Waals surface area contributed by atoms with Crippen LogP contribution < -0.4 is 21.3 Å². The fraction of sp³-hybridized carbons (Fsp3) is 0.650. The van der Waals surface area contributed by atoms with Crippen LogP contribution in [0.4, 0.5) is 4.79 Å². The van der Waals surface area contributed by atoms with E-state index in [0.29, 0.717) is 32.5 Å². The van der Waals surface area contributed by atoms with Crippen LogP contribution in [0, 0.1) is 11.8 Å². The normalized spacial score (nSPS) is 14.8. The zero-order valence-electron chi connectivity index (χ0n) is 32.5. The third kappa shape index (κ3) is 16.8. The highest BCUT2D eigenvalue weighted by molar-refractivity contribution is 5.92. The highest BCUT2D eigenvalue weighted by Crippen LogP contribution is 2.20. The van der Waals surface area contributed by atoms with Gasteiger partial charge in [-0.15, -0.1) is 0 Å². The van der Waals surface area contributed by atoms with Gasteiger partial charge in [-0.1, -0.05) is 103 Å². The molecule has 2 aromatic carbocycles. The number of rotatable bonds is 26. The maximum Gasteiger partial charge on any atom is 0.407 e. The van der Waals surface area contributed by atoms with Gasteiger partial charge in [0.25, 0.3) is 0 Å². The molecule has 2 aromatic rings. The molecule has 0 fully saturated rings. The molecule has 0 radical (unpaired) electrons. The number of unbranched alkanes of at least 4 members (excludes halogenated alkanes) is 2. The summed E-state index contributed by atoms with van der Waals surface area (Å²) in [5.41, 5.74) is 0.827. The van der Waals surface area contributed by atoms with Crippen molar-refractivity contribution in [1.82, 2.24) is 21.3 Å². The zero-order chi connectivity index (χ0) is 39.2. The van der Waals surface area contributed by atoms with Crippen LogP contribution in [0.15, 0.2) is 42.5 Å². The Morgan fingerprint density at radius 2 is 1.49 bits per heavy atom. The summed E-state index contributed by atoms with van der Waals surface area (Å²) in [7, 11) is 1.56. The first-order valence-electron chi connectivity index (χ1n) is 19.1. The van der Waals surface area contributed by atoms with Gasteiger partial charge in [0.2, 0.25) is 17.7 Å². The Hall–Kier alpha value is -3.78. The molecular formula is C40H64N4O9. The first kappa shape index (κ1) is 45.4. The molecule has 0 unspecified atom stereocenters. The summed E-state index contributed by atoms with van der Waals surface area (Å²) in [5, 5.41) is 34.2. The number of methoxy groups -OCH3 is 1. The number of ether oxygens (including phenoxy) is 3. The minimum Gasteiger partial charge on any atom is -0.447 e. The number of nitrogens with one attached hydrogen (secondary N) is 4. The number of fused-ring (bicyclic) bond motifs is 1. The van der Waals surface area contributed by atoms with Crippen LogP contribution in [0.25, 0.3) is 10.8 Å². The molecule has 0 aliphatic rings. The lowest BCUT2D eigenvalue weighted by Crippen LogP contribution is -2.57. The van der Waals surface area contributed by atoms with E-state index in [2.05, 4.69) is 21.3 Å². The average Bonchev–Trinajstić information content (AvgIpc) is 3.13. The molecule has 0 spiro atoms. The van der Waals surface area contributed by atoms with Crippen LogP contribution in [0.5, 0.6) is 0 Å². The second kappa shape index (κ2) is 25.3. The molecule has 0 saturated carbocycles. The van der Waals surface area contributed by atoms with Crippen molar-refractivity contribution in [3.8, 4) is 0 Å². The Morgan fingerprint density at radius 1 is 0.792 bits per heavy atom. The van der Waals surface area contributed by atoms with E-state index in [4.69, 9.17) is 14.2 Å². The van der Waals surface area contributed by atoms with Gasteiger partial charge in [-0.05, 0) is 41.0 Å². The molecule has 53 heavy (non-hydrogen) atoms. The van der Waals surface area contributed by atoms with Crippen LogP contribution in [0.3, 0.4) is 0 Å². The van der Waals surface area contributed by atoms with Gasteiger partial charge in [0.05, 0.1) is 51.0 Å². The number of carbonyl (C=O) groups excluding carboxylic acids is 4. The molecule has 0 aliphatic carbocycles. The molecule has 0 bridgehead atoms. The molecule has 2 rings (SSSR count). The summed E-state index contributed by atoms with van der Waals surface area (Å²) in [6.45, 7) is 10.5. The lowest BCUT2D eigenvalue weighted by molar-refractivity contribution is -0.131. The highest BCUT2D eigenvalue weighted by Gasteiger charge is 2.32. The van der Waals surface area contributed by atoms with E-state index in [-0.39, 0.29) is 44.5 Å². The van der Waals surface area contributed by atoms with Crippen molar-refractivity contribution in [2.24, 2.45) is 11.8 Å². The summed E-state index contributed by atoms with van der Waals surface area (Å²) in [5.74, 6) is -1.37. The van der Waals surface area contributed by atoms with Gasteiger partial charge >= 0.3 is 6.09 Å². The van der Waals surface area contributed by atoms with Crippen molar-refractivity contribution in [1.29, 1.82) is 0 Å². The highest BCUT2D eigenvalue weighted by atomic mass is 16.6. The predicted octanol–water partition coefficient (Wildman–Crippen LogP) is 4.01. The zero-order valence-corrected chi connectivity index (χ0v) is 32.5. The third-order valence-electron chi connectivity index (χ3n) is 9.32. The lowest BCUT2D eigenvalue weighted by atomic mass is 9.95. The number of aliphatic hydroxyl groups is 2. The van der Waals surface area contributed by atoms with Crippen molar-refractivity contribution in [2.75, 3.05) is 40.1 Å². The summed E-state index contributed by atoms with van der Waals surface area (Å²) >= 11 is 0. The molecule has 6 N–H and O–H groups in total. The number of benzene rings is 2. The van der Waals surface area contributed by atoms with Gasteiger partial charge in [0, 0.05) is 13.5 Å². The molecule has 0 aromatic heterocycles. The molecule has 13 nitrogen and oxygen atoms in total. The molecule has 0 heterocycles. The van der Waals surface area contributed by atoms with E-state index in [9.17, 15) is 29.4 Å². The molecule has 0 saturated heterocycles. The minimum absolute atomic E-state index is 0.0317. The van der Waals surface area contributed by atoms with E-state index >= 15 is 0 Å². The van der Waals surface area contributed by atoms with Crippen molar-refractivity contribution in [2.45, 2.75) is 116 Å². The average molecular weight is 745 g/mol. The number of hydrogen-bond donors (Lipinski definition) is 6. The molecule has 298 valence electrons. The predicted molar refractivity (Wildman–Crippen MR) is 205 cm³/mol. The number of amides is 4. The summed E-state index contributed by atoms with van der Waals surface area (Å²) in [4.78, 5) is 53.8. The first-order chi connectivity index (χ1) is 25.4. The fourth-order valence-electron chi connectivity index (χ4n) is 6.01. The van der Waals surface area contributed by atoms with E-state index < -0.39 is 54.1 Å². The summed E-state index contributed by atoms with van der Waals surface area (Å²) in [6.07, 6.45) is 1.69. The Morgan fingerprint density at radius 3 is 2.17 bits per heavy atom. The van der Waals surface area contributed by atoms with Crippen LogP contribution in [0.1, 0.15) is 85.1 Å². The fourth-order valence-corrected chi connectivity index (χ4v) is 6.01. The number of carbonyl (C=O) groups is 4. The van der Waals surface area contributed by atoms with E-state index in [1.807, 2.05) is 77.1 Å². The largest absolute Gasteiger partial charge is 0.447 e. The van der Waals surface area contributed by atoms with Crippen molar-refractivity contribution in [3.05, 3.63) is 48.0 Å². The summed E-state index contributed by atoms with van der Waals surface area (Å²) in [6, 6.07) is 10.2. The second-order valence-corrected chi connectivity index (χ2v) is 14.1.